The highest BCUT2D eigenvalue weighted by atomic mass is 16.7. The molecule has 216 valence electrons. The number of nitrogens with one attached hydrogen (secondary N) is 1. The van der Waals surface area contributed by atoms with Gasteiger partial charge in [-0.25, -0.2) is 0 Å². The van der Waals surface area contributed by atoms with E-state index in [1.165, 1.54) is 0 Å². The van der Waals surface area contributed by atoms with Gasteiger partial charge in [-0.05, 0) is 62.0 Å². The fourth-order valence-electron chi connectivity index (χ4n) is 5.15. The molecule has 0 saturated heterocycles. The molecule has 0 saturated carbocycles. The first-order valence-electron chi connectivity index (χ1n) is 13.8. The van der Waals surface area contributed by atoms with Crippen molar-refractivity contribution in [1.82, 2.24) is 14.8 Å². The average Bonchev–Trinajstić information content (AvgIpc) is 3.45. The molecule has 3 aromatic rings. The van der Waals surface area contributed by atoms with E-state index < -0.39 is 0 Å². The van der Waals surface area contributed by atoms with E-state index in [1.807, 2.05) is 38.2 Å². The SMILES string of the molecule is C[C@H]1CN([C@@H](C)CO)C(=O)Cc2cc(NC(=O)c3ccncc3)ccc2O[C@@H]1CN(C)Cc1ccc2c(c1)OCO2. The molecule has 2 amide bonds. The number of rotatable bonds is 8. The van der Waals surface area contributed by atoms with Gasteiger partial charge < -0.3 is 29.5 Å². The number of likely N-dealkylation sites (N-methyl/N-ethyl adjacent to an activating group) is 1. The van der Waals surface area contributed by atoms with Crippen LogP contribution in [0.5, 0.6) is 17.2 Å². The number of amides is 2. The van der Waals surface area contributed by atoms with Gasteiger partial charge >= 0.3 is 0 Å². The zero-order chi connectivity index (χ0) is 28.9. The molecule has 0 unspecified atom stereocenters. The second-order valence-electron chi connectivity index (χ2n) is 10.8. The van der Waals surface area contributed by atoms with Crippen molar-refractivity contribution >= 4 is 17.5 Å². The summed E-state index contributed by atoms with van der Waals surface area (Å²) in [6.45, 7) is 5.73. The fraction of sp³-hybridized carbons (Fsp3) is 0.387. The van der Waals surface area contributed by atoms with Crippen LogP contribution in [0.3, 0.4) is 0 Å². The number of carbonyl (C=O) groups excluding carboxylic acids is 2. The molecule has 41 heavy (non-hydrogen) atoms. The fourth-order valence-corrected chi connectivity index (χ4v) is 5.15. The highest BCUT2D eigenvalue weighted by Gasteiger charge is 2.31. The zero-order valence-corrected chi connectivity index (χ0v) is 23.6. The minimum absolute atomic E-state index is 0.0239. The van der Waals surface area contributed by atoms with Crippen molar-refractivity contribution in [3.63, 3.8) is 0 Å². The third kappa shape index (κ3) is 6.78. The highest BCUT2D eigenvalue weighted by molar-refractivity contribution is 6.04. The number of pyridine rings is 1. The van der Waals surface area contributed by atoms with Gasteiger partial charge in [0.1, 0.15) is 11.9 Å². The Labute approximate surface area is 239 Å². The number of hydrogen-bond donors (Lipinski definition) is 2. The van der Waals surface area contributed by atoms with Crippen LogP contribution >= 0.6 is 0 Å². The zero-order valence-electron chi connectivity index (χ0n) is 23.6. The van der Waals surface area contributed by atoms with Crippen LogP contribution in [0.4, 0.5) is 5.69 Å². The summed E-state index contributed by atoms with van der Waals surface area (Å²) in [6.07, 6.45) is 2.97. The molecule has 2 aliphatic heterocycles. The molecule has 3 heterocycles. The van der Waals surface area contributed by atoms with Crippen LogP contribution in [0.1, 0.15) is 35.3 Å². The van der Waals surface area contributed by atoms with E-state index in [2.05, 4.69) is 22.1 Å². The summed E-state index contributed by atoms with van der Waals surface area (Å²) in [5, 5.41) is 12.8. The number of carbonyl (C=O) groups is 2. The summed E-state index contributed by atoms with van der Waals surface area (Å²) >= 11 is 0. The molecule has 0 spiro atoms. The molecule has 0 radical (unpaired) electrons. The van der Waals surface area contributed by atoms with E-state index in [1.54, 1.807) is 41.6 Å². The van der Waals surface area contributed by atoms with Crippen LogP contribution in [0, 0.1) is 5.92 Å². The smallest absolute Gasteiger partial charge is 0.255 e. The number of hydrogen-bond acceptors (Lipinski definition) is 8. The average molecular weight is 561 g/mol. The van der Waals surface area contributed by atoms with E-state index in [4.69, 9.17) is 14.2 Å². The Morgan fingerprint density at radius 2 is 1.88 bits per heavy atom. The van der Waals surface area contributed by atoms with Gasteiger partial charge in [0, 0.05) is 54.8 Å². The van der Waals surface area contributed by atoms with Gasteiger partial charge in [-0.2, -0.15) is 0 Å². The standard InChI is InChI=1S/C31H36N4O6/c1-20-15-35(21(2)18-36)30(37)14-24-13-25(33-31(38)23-8-10-32-11-9-23)5-7-26(24)41-29(20)17-34(3)16-22-4-6-27-28(12-22)40-19-39-27/h4-13,20-21,29,36H,14-19H2,1-3H3,(H,33,38)/t20-,21-,29+/m0/s1. The molecule has 0 bridgehead atoms. The lowest BCUT2D eigenvalue weighted by Crippen LogP contribution is -2.47. The molecule has 2 aromatic carbocycles. The maximum atomic E-state index is 13.5. The minimum Gasteiger partial charge on any atom is -0.488 e. The van der Waals surface area contributed by atoms with E-state index in [-0.39, 0.29) is 49.7 Å². The summed E-state index contributed by atoms with van der Waals surface area (Å²) in [7, 11) is 2.03. The van der Waals surface area contributed by atoms with Crippen molar-refractivity contribution in [2.24, 2.45) is 5.92 Å². The molecule has 2 N–H and O–H groups in total. The Morgan fingerprint density at radius 1 is 1.12 bits per heavy atom. The normalized spacial score (nSPS) is 19.0. The number of aliphatic hydroxyl groups is 1. The Kier molecular flexibility index (Phi) is 8.70. The summed E-state index contributed by atoms with van der Waals surface area (Å²) < 4.78 is 17.6. The Bertz CT molecular complexity index is 1380. The predicted octanol–water partition coefficient (Wildman–Crippen LogP) is 3.34. The third-order valence-electron chi connectivity index (χ3n) is 7.50. The molecule has 0 fully saturated rings. The first-order valence-corrected chi connectivity index (χ1v) is 13.8. The summed E-state index contributed by atoms with van der Waals surface area (Å²) in [6, 6.07) is 14.3. The summed E-state index contributed by atoms with van der Waals surface area (Å²) in [5.41, 5.74) is 2.81. The van der Waals surface area contributed by atoms with Gasteiger partial charge in [0.25, 0.3) is 5.91 Å². The second-order valence-corrected chi connectivity index (χ2v) is 10.8. The number of ether oxygens (including phenoxy) is 3. The largest absolute Gasteiger partial charge is 0.488 e. The Hall–Kier alpha value is -4.15. The second kappa shape index (κ2) is 12.6. The van der Waals surface area contributed by atoms with Crippen LogP contribution in [0.2, 0.25) is 0 Å². The van der Waals surface area contributed by atoms with Crippen LogP contribution in [-0.2, 0) is 17.8 Å². The van der Waals surface area contributed by atoms with E-state index in [0.29, 0.717) is 42.2 Å². The number of anilines is 1. The molecule has 2 aliphatic rings. The van der Waals surface area contributed by atoms with E-state index >= 15 is 0 Å². The van der Waals surface area contributed by atoms with Gasteiger partial charge in [0.15, 0.2) is 11.5 Å². The van der Waals surface area contributed by atoms with Crippen LogP contribution < -0.4 is 19.5 Å². The highest BCUT2D eigenvalue weighted by Crippen LogP contribution is 2.33. The molecule has 10 nitrogen and oxygen atoms in total. The van der Waals surface area contributed by atoms with E-state index in [0.717, 1.165) is 17.1 Å². The number of aliphatic hydroxyl groups excluding tert-OH is 1. The Balaban J connectivity index is 1.38. The van der Waals surface area contributed by atoms with Crippen molar-refractivity contribution in [2.75, 3.05) is 38.9 Å². The quantitative estimate of drug-likeness (QED) is 0.431. The lowest BCUT2D eigenvalue weighted by atomic mass is 10.0. The van der Waals surface area contributed by atoms with Crippen LogP contribution in [0.15, 0.2) is 60.9 Å². The molecular formula is C31H36N4O6. The third-order valence-corrected chi connectivity index (χ3v) is 7.50. The molecule has 5 rings (SSSR count). The van der Waals surface area contributed by atoms with Gasteiger partial charge in [0.05, 0.1) is 19.1 Å². The van der Waals surface area contributed by atoms with Crippen LogP contribution in [-0.4, -0.2) is 77.4 Å². The maximum absolute atomic E-state index is 13.5. The molecule has 1 aromatic heterocycles. The summed E-state index contributed by atoms with van der Waals surface area (Å²) in [5.74, 6) is 1.71. The van der Waals surface area contributed by atoms with Gasteiger partial charge in [-0.15, -0.1) is 0 Å². The van der Waals surface area contributed by atoms with Gasteiger partial charge in [0.2, 0.25) is 12.7 Å². The maximum Gasteiger partial charge on any atom is 0.255 e. The first-order chi connectivity index (χ1) is 19.8. The predicted molar refractivity (Wildman–Crippen MR) is 153 cm³/mol. The molecular weight excluding hydrogens is 524 g/mol. The van der Waals surface area contributed by atoms with Gasteiger partial charge in [-0.3, -0.25) is 19.5 Å². The number of benzene rings is 2. The van der Waals surface area contributed by atoms with Gasteiger partial charge in [-0.1, -0.05) is 13.0 Å². The Morgan fingerprint density at radius 3 is 2.66 bits per heavy atom. The molecule has 0 aliphatic carbocycles. The van der Waals surface area contributed by atoms with Crippen molar-refractivity contribution < 1.29 is 28.9 Å². The molecule has 3 atom stereocenters. The number of fused-ring (bicyclic) bond motifs is 2. The lowest BCUT2D eigenvalue weighted by Gasteiger charge is -2.34. The van der Waals surface area contributed by atoms with Crippen molar-refractivity contribution in [1.29, 1.82) is 0 Å². The topological polar surface area (TPSA) is 113 Å². The van der Waals surface area contributed by atoms with Crippen molar-refractivity contribution in [3.05, 3.63) is 77.6 Å². The first kappa shape index (κ1) is 28.4. The minimum atomic E-state index is -0.340. The van der Waals surface area contributed by atoms with Crippen molar-refractivity contribution in [3.8, 4) is 17.2 Å². The van der Waals surface area contributed by atoms with E-state index in [9.17, 15) is 14.7 Å². The summed E-state index contributed by atoms with van der Waals surface area (Å²) in [4.78, 5) is 34.1. The number of nitrogens with zero attached hydrogens (tertiary/aromatic N) is 3. The lowest BCUT2D eigenvalue weighted by molar-refractivity contribution is -0.134. The monoisotopic (exact) mass is 560 g/mol. The molecule has 10 heteroatoms. The van der Waals surface area contributed by atoms with Crippen molar-refractivity contribution in [2.45, 2.75) is 39.0 Å². The van der Waals surface area contributed by atoms with Crippen LogP contribution in [0.25, 0.3) is 0 Å². The number of aromatic nitrogens is 1.